The fraction of sp³-hybridized carbons (Fsp3) is 0. The Labute approximate surface area is 127 Å². The Bertz CT molecular complexity index is 954. The summed E-state index contributed by atoms with van der Waals surface area (Å²) in [7, 11) is 0. The van der Waals surface area contributed by atoms with Crippen molar-refractivity contribution >= 4 is 17.4 Å². The van der Waals surface area contributed by atoms with Gasteiger partial charge in [-0.25, -0.2) is 4.79 Å². The Balaban J connectivity index is 1.84. The first-order valence-electron chi connectivity index (χ1n) is 6.44. The maximum Gasteiger partial charge on any atom is 0.327 e. The summed E-state index contributed by atoms with van der Waals surface area (Å²) in [5.74, 6) is -0.757. The first-order chi connectivity index (χ1) is 11.0. The zero-order valence-corrected chi connectivity index (χ0v) is 11.6. The monoisotopic (exact) mass is 313 g/mol. The van der Waals surface area contributed by atoms with Crippen LogP contribution in [-0.2, 0) is 0 Å². The highest BCUT2D eigenvalue weighted by molar-refractivity contribution is 6.05. The van der Waals surface area contributed by atoms with Crippen molar-refractivity contribution in [3.8, 4) is 11.3 Å². The third kappa shape index (κ3) is 2.85. The number of aromatic amines is 3. The number of H-pyrrole nitrogens is 3. The molecular weight excluding hydrogens is 302 g/mol. The highest BCUT2D eigenvalue weighted by Gasteiger charge is 2.12. The lowest BCUT2D eigenvalue weighted by Crippen LogP contribution is -2.28. The van der Waals surface area contributed by atoms with Crippen LogP contribution in [0.1, 0.15) is 10.4 Å². The van der Waals surface area contributed by atoms with E-state index in [2.05, 4.69) is 25.7 Å². The van der Waals surface area contributed by atoms with Crippen LogP contribution < -0.4 is 22.3 Å². The van der Waals surface area contributed by atoms with Gasteiger partial charge in [0, 0.05) is 11.1 Å². The summed E-state index contributed by atoms with van der Waals surface area (Å²) < 4.78 is 0. The van der Waals surface area contributed by atoms with Gasteiger partial charge in [-0.2, -0.15) is 15.4 Å². The molecule has 1 amide bonds. The number of nitrogens with two attached hydrogens (primary N) is 1. The van der Waals surface area contributed by atoms with E-state index in [4.69, 9.17) is 5.73 Å². The topological polar surface area (TPSA) is 162 Å². The molecule has 6 N–H and O–H groups in total. The summed E-state index contributed by atoms with van der Waals surface area (Å²) in [6.07, 6.45) is 1.55. The van der Waals surface area contributed by atoms with Gasteiger partial charge in [0.2, 0.25) is 0 Å². The molecule has 0 bridgehead atoms. The van der Waals surface area contributed by atoms with Gasteiger partial charge >= 0.3 is 5.69 Å². The predicted molar refractivity (Wildman–Crippen MR) is 81.9 cm³/mol. The molecule has 0 aliphatic carbocycles. The van der Waals surface area contributed by atoms with E-state index in [0.717, 1.165) is 5.56 Å². The van der Waals surface area contributed by atoms with E-state index >= 15 is 0 Å². The van der Waals surface area contributed by atoms with Crippen molar-refractivity contribution in [2.45, 2.75) is 0 Å². The van der Waals surface area contributed by atoms with Crippen LogP contribution in [0.4, 0.5) is 11.5 Å². The van der Waals surface area contributed by atoms with Gasteiger partial charge < -0.3 is 11.1 Å². The van der Waals surface area contributed by atoms with Crippen molar-refractivity contribution in [3.05, 3.63) is 56.9 Å². The van der Waals surface area contributed by atoms with Crippen molar-refractivity contribution in [1.29, 1.82) is 0 Å². The minimum Gasteiger partial charge on any atom is -0.383 e. The van der Waals surface area contributed by atoms with Crippen molar-refractivity contribution in [2.75, 3.05) is 11.1 Å². The molecule has 0 radical (unpaired) electrons. The quantitative estimate of drug-likeness (QED) is 0.445. The van der Waals surface area contributed by atoms with E-state index in [9.17, 15) is 14.4 Å². The second-order valence-electron chi connectivity index (χ2n) is 4.58. The maximum atomic E-state index is 12.2. The lowest BCUT2D eigenvalue weighted by Gasteiger charge is -2.06. The van der Waals surface area contributed by atoms with Crippen molar-refractivity contribution in [3.63, 3.8) is 0 Å². The van der Waals surface area contributed by atoms with Crippen LogP contribution >= 0.6 is 0 Å². The zero-order chi connectivity index (χ0) is 16.4. The summed E-state index contributed by atoms with van der Waals surface area (Å²) in [6, 6.07) is 6.51. The molecule has 2 aromatic heterocycles. The predicted octanol–water partition coefficient (Wildman–Crippen LogP) is -0.317. The Morgan fingerprint density at radius 3 is 2.48 bits per heavy atom. The van der Waals surface area contributed by atoms with Crippen LogP contribution in [0.3, 0.4) is 0 Å². The molecule has 2 heterocycles. The highest BCUT2D eigenvalue weighted by Crippen LogP contribution is 2.16. The number of aromatic nitrogens is 5. The standard InChI is InChI=1S/C13H11N7O3/c14-10-9(12(22)18-13(23)17-10)16-11(21)7-3-1-6(2-4-7)8-5-15-20-19-8/h1-5H,(H,16,21)(H,15,19,20)(H4,14,17,18,22,23). The van der Waals surface area contributed by atoms with Crippen molar-refractivity contribution < 1.29 is 4.79 Å². The van der Waals surface area contributed by atoms with Crippen LogP contribution in [0.15, 0.2) is 40.1 Å². The van der Waals surface area contributed by atoms with E-state index in [1.807, 2.05) is 4.98 Å². The second kappa shape index (κ2) is 5.60. The Morgan fingerprint density at radius 1 is 1.13 bits per heavy atom. The fourth-order valence-corrected chi connectivity index (χ4v) is 1.95. The number of hydrogen-bond donors (Lipinski definition) is 5. The fourth-order valence-electron chi connectivity index (χ4n) is 1.95. The average Bonchev–Trinajstić information content (AvgIpc) is 3.05. The second-order valence-corrected chi connectivity index (χ2v) is 4.58. The molecule has 0 atom stereocenters. The lowest BCUT2D eigenvalue weighted by atomic mass is 10.1. The van der Waals surface area contributed by atoms with Gasteiger partial charge in [-0.1, -0.05) is 12.1 Å². The van der Waals surface area contributed by atoms with Gasteiger partial charge in [0.1, 0.15) is 17.2 Å². The number of amides is 1. The first-order valence-corrected chi connectivity index (χ1v) is 6.44. The van der Waals surface area contributed by atoms with Crippen LogP contribution in [-0.4, -0.2) is 31.3 Å². The number of anilines is 2. The first kappa shape index (κ1) is 14.3. The van der Waals surface area contributed by atoms with Crippen LogP contribution in [0.5, 0.6) is 0 Å². The van der Waals surface area contributed by atoms with E-state index in [1.54, 1.807) is 30.5 Å². The third-order valence-corrected chi connectivity index (χ3v) is 3.07. The summed E-state index contributed by atoms with van der Waals surface area (Å²) >= 11 is 0. The van der Waals surface area contributed by atoms with Gasteiger partial charge in [0.05, 0.1) is 6.20 Å². The lowest BCUT2D eigenvalue weighted by molar-refractivity contribution is 0.102. The molecule has 0 unspecified atom stereocenters. The van der Waals surface area contributed by atoms with Crippen LogP contribution in [0, 0.1) is 0 Å². The van der Waals surface area contributed by atoms with E-state index in [1.165, 1.54) is 0 Å². The number of hydrogen-bond acceptors (Lipinski definition) is 6. The van der Waals surface area contributed by atoms with Gasteiger partial charge in [0.25, 0.3) is 11.5 Å². The highest BCUT2D eigenvalue weighted by atomic mass is 16.2. The number of carbonyl (C=O) groups excluding carboxylic acids is 1. The van der Waals surface area contributed by atoms with Crippen molar-refractivity contribution in [2.24, 2.45) is 0 Å². The van der Waals surface area contributed by atoms with Crippen LogP contribution in [0.2, 0.25) is 0 Å². The smallest absolute Gasteiger partial charge is 0.327 e. The molecule has 23 heavy (non-hydrogen) atoms. The largest absolute Gasteiger partial charge is 0.383 e. The van der Waals surface area contributed by atoms with Gasteiger partial charge in [-0.3, -0.25) is 19.6 Å². The molecule has 3 aromatic rings. The Morgan fingerprint density at radius 2 is 1.87 bits per heavy atom. The molecule has 10 nitrogen and oxygen atoms in total. The van der Waals surface area contributed by atoms with E-state index < -0.39 is 17.2 Å². The molecule has 10 heteroatoms. The molecule has 0 aliphatic heterocycles. The molecule has 116 valence electrons. The number of rotatable bonds is 3. The van der Waals surface area contributed by atoms with Gasteiger partial charge in [-0.05, 0) is 12.1 Å². The Hall–Kier alpha value is -3.69. The SMILES string of the molecule is Nc1[nH]c(=O)[nH]c(=O)c1NC(=O)c1ccc(-c2cn[nH]n2)cc1. The number of carbonyl (C=O) groups is 1. The van der Waals surface area contributed by atoms with Crippen LogP contribution in [0.25, 0.3) is 11.3 Å². The molecule has 0 spiro atoms. The summed E-state index contributed by atoms with van der Waals surface area (Å²) in [5, 5.41) is 12.5. The minimum absolute atomic E-state index is 0.213. The molecule has 1 aromatic carbocycles. The number of benzene rings is 1. The summed E-state index contributed by atoms with van der Waals surface area (Å²) in [4.78, 5) is 39.0. The molecule has 0 saturated heterocycles. The van der Waals surface area contributed by atoms with Crippen molar-refractivity contribution in [1.82, 2.24) is 25.4 Å². The Kier molecular flexibility index (Phi) is 3.47. The molecule has 3 rings (SSSR count). The molecular formula is C13H11N7O3. The number of nitrogens with zero attached hydrogens (tertiary/aromatic N) is 2. The molecule has 0 fully saturated rings. The van der Waals surface area contributed by atoms with Gasteiger partial charge in [0.15, 0.2) is 0 Å². The van der Waals surface area contributed by atoms with E-state index in [0.29, 0.717) is 11.3 Å². The normalized spacial score (nSPS) is 10.4. The zero-order valence-electron chi connectivity index (χ0n) is 11.6. The average molecular weight is 313 g/mol. The number of nitrogens with one attached hydrogen (secondary N) is 4. The molecule has 0 aliphatic rings. The third-order valence-electron chi connectivity index (χ3n) is 3.07. The number of nitrogen functional groups attached to an aromatic ring is 1. The summed E-state index contributed by atoms with van der Waals surface area (Å²) in [5.41, 5.74) is 5.51. The maximum absolute atomic E-state index is 12.2. The molecule has 0 saturated carbocycles. The van der Waals surface area contributed by atoms with Gasteiger partial charge in [-0.15, -0.1) is 0 Å². The minimum atomic E-state index is -0.779. The van der Waals surface area contributed by atoms with E-state index in [-0.39, 0.29) is 11.5 Å². The summed E-state index contributed by atoms with van der Waals surface area (Å²) in [6.45, 7) is 0.